The van der Waals surface area contributed by atoms with Crippen LogP contribution in [0.5, 0.6) is 0 Å². The minimum atomic E-state index is -2.76. The number of imidazole rings is 1. The first-order valence-electron chi connectivity index (χ1n) is 12.5. The predicted molar refractivity (Wildman–Crippen MR) is 143 cm³/mol. The zero-order valence-corrected chi connectivity index (χ0v) is 22.8. The third-order valence-corrected chi connectivity index (χ3v) is 9.40. The Hall–Kier alpha value is -3.18. The summed E-state index contributed by atoms with van der Waals surface area (Å²) in [4.78, 5) is 39.3. The molecule has 1 saturated heterocycles. The van der Waals surface area contributed by atoms with Crippen molar-refractivity contribution < 1.29 is 18.4 Å². The fraction of sp³-hybridized carbons (Fsp3) is 0.407. The largest absolute Gasteiger partial charge is 0.349 e. The van der Waals surface area contributed by atoms with Gasteiger partial charge < -0.3 is 10.2 Å². The van der Waals surface area contributed by atoms with Crippen LogP contribution in [0.2, 0.25) is 0 Å². The van der Waals surface area contributed by atoms with E-state index in [1.807, 2.05) is 43.5 Å². The maximum atomic E-state index is 14.4. The number of benzene rings is 1. The number of aryl methyl sites for hydroxylation is 3. The number of likely N-dealkylation sites (tertiary alicyclic amines) is 1. The van der Waals surface area contributed by atoms with Gasteiger partial charge in [-0.2, -0.15) is 0 Å². The van der Waals surface area contributed by atoms with Crippen LogP contribution in [0.25, 0.3) is 15.4 Å². The molecule has 3 aromatic heterocycles. The Bertz CT molecular complexity index is 1560. The Kier molecular flexibility index (Phi) is 6.10. The number of fused-ring (bicyclic) bond motifs is 2. The van der Waals surface area contributed by atoms with E-state index in [1.54, 1.807) is 22.4 Å². The van der Waals surface area contributed by atoms with Crippen molar-refractivity contribution in [2.75, 3.05) is 13.1 Å². The molecule has 3 atom stereocenters. The molecule has 198 valence electrons. The molecule has 0 radical (unpaired) electrons. The van der Waals surface area contributed by atoms with E-state index in [4.69, 9.17) is 0 Å². The highest BCUT2D eigenvalue weighted by Gasteiger charge is 2.56. The monoisotopic (exact) mass is 555 g/mol. The van der Waals surface area contributed by atoms with Gasteiger partial charge in [0.1, 0.15) is 11.4 Å². The topological polar surface area (TPSA) is 79.6 Å². The van der Waals surface area contributed by atoms with E-state index in [0.717, 1.165) is 21.0 Å². The van der Waals surface area contributed by atoms with Crippen molar-refractivity contribution >= 4 is 39.4 Å². The predicted octanol–water partition coefficient (Wildman–Crippen LogP) is 5.36. The van der Waals surface area contributed by atoms with E-state index in [0.29, 0.717) is 22.0 Å². The molecule has 1 N–H and O–H groups in total. The van der Waals surface area contributed by atoms with Crippen LogP contribution in [0.3, 0.4) is 0 Å². The van der Waals surface area contributed by atoms with E-state index in [9.17, 15) is 18.4 Å². The standard InChI is InChI=1S/C27H27F2N5O2S2/c1-14-5-4-6-17(9-14)23-21(32-16(3)38-23)25(36)34-13-18-10-27(28,29)11-19(18)20(34)12-30-24(35)22-15(2)31-26-33(22)7-8-37-26/h4-9,18-20H,10-13H2,1-3H3,(H,30,35)/t18-,19-,20+/m0/s1. The van der Waals surface area contributed by atoms with Crippen LogP contribution in [0.1, 0.15) is 50.1 Å². The highest BCUT2D eigenvalue weighted by Crippen LogP contribution is 2.50. The number of carbonyl (C=O) groups excluding carboxylic acids is 2. The maximum absolute atomic E-state index is 14.4. The summed E-state index contributed by atoms with van der Waals surface area (Å²) in [6.45, 7) is 5.93. The summed E-state index contributed by atoms with van der Waals surface area (Å²) in [5.41, 5.74) is 3.33. The highest BCUT2D eigenvalue weighted by molar-refractivity contribution is 7.15. The lowest BCUT2D eigenvalue weighted by molar-refractivity contribution is -0.00609. The smallest absolute Gasteiger partial charge is 0.274 e. The average molecular weight is 556 g/mol. The number of halogens is 2. The fourth-order valence-electron chi connectivity index (χ4n) is 6.03. The number of rotatable bonds is 5. The van der Waals surface area contributed by atoms with Crippen LogP contribution in [0.15, 0.2) is 35.8 Å². The molecule has 0 bridgehead atoms. The normalized spacial score (nSPS) is 22.2. The SMILES string of the molecule is Cc1cccc(-c2sc(C)nc2C(=O)N2C[C@@H]3CC(F)(F)C[C@@H]3[C@H]2CNC(=O)c2c(C)nc3sccn23)c1. The number of aromatic nitrogens is 3. The van der Waals surface area contributed by atoms with Gasteiger partial charge in [0, 0.05) is 37.5 Å². The second-order valence-corrected chi connectivity index (χ2v) is 12.4. The number of amides is 2. The third-order valence-electron chi connectivity index (χ3n) is 7.63. The number of hydrogen-bond donors (Lipinski definition) is 1. The minimum Gasteiger partial charge on any atom is -0.349 e. The Morgan fingerprint density at radius 2 is 2.00 bits per heavy atom. The van der Waals surface area contributed by atoms with Gasteiger partial charge in [-0.1, -0.05) is 29.8 Å². The highest BCUT2D eigenvalue weighted by atomic mass is 32.1. The van der Waals surface area contributed by atoms with Crippen molar-refractivity contribution in [1.82, 2.24) is 24.6 Å². The van der Waals surface area contributed by atoms with Gasteiger partial charge in [0.15, 0.2) is 4.96 Å². The van der Waals surface area contributed by atoms with Crippen LogP contribution >= 0.6 is 22.7 Å². The van der Waals surface area contributed by atoms with Crippen LogP contribution < -0.4 is 5.32 Å². The van der Waals surface area contributed by atoms with Gasteiger partial charge in [0.05, 0.1) is 21.6 Å². The average Bonchev–Trinajstić information content (AvgIpc) is 3.64. The van der Waals surface area contributed by atoms with Gasteiger partial charge in [-0.15, -0.1) is 22.7 Å². The second-order valence-electron chi connectivity index (χ2n) is 10.3. The molecular formula is C27H27F2N5O2S2. The summed E-state index contributed by atoms with van der Waals surface area (Å²) in [5, 5.41) is 5.54. The van der Waals surface area contributed by atoms with E-state index in [-0.39, 0.29) is 43.7 Å². The van der Waals surface area contributed by atoms with Crippen molar-refractivity contribution in [2.45, 2.75) is 45.6 Å². The Balaban J connectivity index is 1.30. The van der Waals surface area contributed by atoms with Gasteiger partial charge in [0.25, 0.3) is 11.8 Å². The minimum absolute atomic E-state index is 0.0848. The number of nitrogens with one attached hydrogen (secondary N) is 1. The number of alkyl halides is 2. The first-order valence-corrected chi connectivity index (χ1v) is 14.2. The van der Waals surface area contributed by atoms with Crippen LogP contribution in [0, 0.1) is 32.6 Å². The molecule has 6 rings (SSSR count). The van der Waals surface area contributed by atoms with Gasteiger partial charge in [-0.25, -0.2) is 18.7 Å². The molecule has 11 heteroatoms. The van der Waals surface area contributed by atoms with Crippen molar-refractivity contribution in [3.8, 4) is 10.4 Å². The number of carbonyl (C=O) groups is 2. The zero-order valence-electron chi connectivity index (χ0n) is 21.2. The summed E-state index contributed by atoms with van der Waals surface area (Å²) in [5.74, 6) is -4.09. The van der Waals surface area contributed by atoms with Crippen LogP contribution in [-0.2, 0) is 0 Å². The molecule has 4 aromatic rings. The summed E-state index contributed by atoms with van der Waals surface area (Å²) < 4.78 is 30.6. The van der Waals surface area contributed by atoms with Crippen molar-refractivity contribution in [1.29, 1.82) is 0 Å². The van der Waals surface area contributed by atoms with Crippen molar-refractivity contribution in [2.24, 2.45) is 11.8 Å². The fourth-order valence-corrected chi connectivity index (χ4v) is 7.70. The Labute approximate surface area is 226 Å². The van der Waals surface area contributed by atoms with Gasteiger partial charge >= 0.3 is 0 Å². The third kappa shape index (κ3) is 4.31. The first kappa shape index (κ1) is 25.1. The van der Waals surface area contributed by atoms with Crippen molar-refractivity contribution in [3.63, 3.8) is 0 Å². The Morgan fingerprint density at radius 3 is 2.79 bits per heavy atom. The number of thiazole rings is 2. The Morgan fingerprint density at radius 1 is 1.18 bits per heavy atom. The molecule has 1 aromatic carbocycles. The van der Waals surface area contributed by atoms with E-state index in [1.165, 1.54) is 22.7 Å². The molecule has 2 fully saturated rings. The van der Waals surface area contributed by atoms with Gasteiger partial charge in [-0.05, 0) is 38.2 Å². The molecule has 0 spiro atoms. The summed E-state index contributed by atoms with van der Waals surface area (Å²) >= 11 is 2.88. The van der Waals surface area contributed by atoms with Crippen molar-refractivity contribution in [3.05, 3.63) is 63.5 Å². The molecule has 2 aliphatic rings. The molecule has 4 heterocycles. The van der Waals surface area contributed by atoms with E-state index < -0.39 is 17.9 Å². The molecule has 1 aliphatic heterocycles. The summed E-state index contributed by atoms with van der Waals surface area (Å²) in [7, 11) is 0. The van der Waals surface area contributed by atoms with E-state index in [2.05, 4.69) is 15.3 Å². The lowest BCUT2D eigenvalue weighted by atomic mass is 9.94. The number of hydrogen-bond acceptors (Lipinski definition) is 6. The molecule has 1 aliphatic carbocycles. The molecule has 38 heavy (non-hydrogen) atoms. The first-order chi connectivity index (χ1) is 18.1. The molecule has 0 unspecified atom stereocenters. The summed E-state index contributed by atoms with van der Waals surface area (Å²) in [6.07, 6.45) is 1.25. The summed E-state index contributed by atoms with van der Waals surface area (Å²) in [6, 6.07) is 7.35. The lowest BCUT2D eigenvalue weighted by Gasteiger charge is -2.29. The molecule has 1 saturated carbocycles. The quantitative estimate of drug-likeness (QED) is 0.360. The molecular weight excluding hydrogens is 528 g/mol. The van der Waals surface area contributed by atoms with Gasteiger partial charge in [0.2, 0.25) is 5.92 Å². The maximum Gasteiger partial charge on any atom is 0.274 e. The van der Waals surface area contributed by atoms with Crippen LogP contribution in [-0.4, -0.2) is 56.1 Å². The van der Waals surface area contributed by atoms with Gasteiger partial charge in [-0.3, -0.25) is 14.0 Å². The van der Waals surface area contributed by atoms with E-state index >= 15 is 0 Å². The molecule has 7 nitrogen and oxygen atoms in total. The molecule has 2 amide bonds. The second kappa shape index (κ2) is 9.23. The lowest BCUT2D eigenvalue weighted by Crippen LogP contribution is -2.46. The number of nitrogens with zero attached hydrogens (tertiary/aromatic N) is 4. The van der Waals surface area contributed by atoms with Crippen LogP contribution in [0.4, 0.5) is 8.78 Å². The zero-order chi connectivity index (χ0) is 26.8.